The van der Waals surface area contributed by atoms with E-state index >= 15 is 0 Å². The zero-order chi connectivity index (χ0) is 20.4. The van der Waals surface area contributed by atoms with Crippen molar-refractivity contribution >= 4 is 11.8 Å². The lowest BCUT2D eigenvalue weighted by Gasteiger charge is -2.34. The van der Waals surface area contributed by atoms with Crippen LogP contribution in [0.15, 0.2) is 48.5 Å². The lowest BCUT2D eigenvalue weighted by Crippen LogP contribution is -2.46. The van der Waals surface area contributed by atoms with Crippen LogP contribution in [0, 0.1) is 13.8 Å². The number of aryl methyl sites for hydroxylation is 2. The van der Waals surface area contributed by atoms with Gasteiger partial charge in [-0.15, -0.1) is 15.0 Å². The van der Waals surface area contributed by atoms with Gasteiger partial charge in [-0.05, 0) is 42.7 Å². The molecule has 2 aromatic carbocycles. The number of aromatic nitrogens is 3. The monoisotopic (exact) mass is 391 g/mol. The number of benzene rings is 2. The van der Waals surface area contributed by atoms with E-state index in [9.17, 15) is 9.90 Å². The van der Waals surface area contributed by atoms with Crippen molar-refractivity contribution in [1.29, 1.82) is 0 Å². The summed E-state index contributed by atoms with van der Waals surface area (Å²) < 4.78 is 0. The van der Waals surface area contributed by atoms with Crippen molar-refractivity contribution < 1.29 is 9.90 Å². The minimum absolute atomic E-state index is 0.000619. The first-order valence-corrected chi connectivity index (χ1v) is 9.80. The fourth-order valence-electron chi connectivity index (χ4n) is 3.79. The first-order valence-electron chi connectivity index (χ1n) is 9.80. The number of carbonyl (C=O) groups is 1. The van der Waals surface area contributed by atoms with E-state index in [0.717, 1.165) is 49.5 Å². The van der Waals surface area contributed by atoms with Crippen molar-refractivity contribution in [2.45, 2.75) is 20.4 Å². The third kappa shape index (κ3) is 4.30. The second-order valence-corrected chi connectivity index (χ2v) is 7.56. The van der Waals surface area contributed by atoms with Crippen LogP contribution in [0.25, 0.3) is 5.69 Å². The molecule has 7 heteroatoms. The van der Waals surface area contributed by atoms with E-state index in [-0.39, 0.29) is 5.69 Å². The van der Waals surface area contributed by atoms with Crippen LogP contribution in [0.3, 0.4) is 0 Å². The summed E-state index contributed by atoms with van der Waals surface area (Å²) in [5, 5.41) is 18.5. The molecule has 7 nitrogen and oxygen atoms in total. The van der Waals surface area contributed by atoms with Crippen molar-refractivity contribution in [1.82, 2.24) is 19.9 Å². The third-order valence-electron chi connectivity index (χ3n) is 5.16. The van der Waals surface area contributed by atoms with Gasteiger partial charge in [0, 0.05) is 32.7 Å². The third-order valence-corrected chi connectivity index (χ3v) is 5.16. The second-order valence-electron chi connectivity index (χ2n) is 7.56. The molecule has 0 amide bonds. The molecule has 1 aromatic heterocycles. The van der Waals surface area contributed by atoms with Gasteiger partial charge < -0.3 is 10.0 Å². The highest BCUT2D eigenvalue weighted by atomic mass is 16.4. The summed E-state index contributed by atoms with van der Waals surface area (Å²) in [7, 11) is 0. The molecule has 1 aliphatic heterocycles. The van der Waals surface area contributed by atoms with Crippen LogP contribution in [-0.4, -0.2) is 57.1 Å². The maximum absolute atomic E-state index is 11.8. The standard InChI is InChI=1S/C22H25N5O2/c1-16-12-17(2)14-19(13-16)27-23-20(22(28)29)21(24-27)26-10-8-25(9-11-26)15-18-6-4-3-5-7-18/h3-7,12-14H,8-11,15H2,1-2H3,(H,28,29). The van der Waals surface area contributed by atoms with Crippen LogP contribution >= 0.6 is 0 Å². The van der Waals surface area contributed by atoms with Gasteiger partial charge in [0.15, 0.2) is 5.82 Å². The zero-order valence-electron chi connectivity index (χ0n) is 16.7. The maximum Gasteiger partial charge on any atom is 0.360 e. The molecular weight excluding hydrogens is 366 g/mol. The topological polar surface area (TPSA) is 74.5 Å². The minimum Gasteiger partial charge on any atom is -0.476 e. The molecule has 2 heterocycles. The second kappa shape index (κ2) is 8.05. The number of rotatable bonds is 5. The molecule has 1 aliphatic rings. The molecule has 0 saturated carbocycles. The number of hydrogen-bond donors (Lipinski definition) is 1. The van der Waals surface area contributed by atoms with Gasteiger partial charge in [0.2, 0.25) is 5.69 Å². The molecule has 1 saturated heterocycles. The van der Waals surface area contributed by atoms with Crippen molar-refractivity contribution in [3.8, 4) is 5.69 Å². The van der Waals surface area contributed by atoms with Gasteiger partial charge in [-0.25, -0.2) is 4.79 Å². The summed E-state index contributed by atoms with van der Waals surface area (Å²) in [6.45, 7) is 8.05. The SMILES string of the molecule is Cc1cc(C)cc(-n2nc(C(=O)O)c(N3CCN(Cc4ccccc4)CC3)n2)c1. The van der Waals surface area contributed by atoms with E-state index < -0.39 is 5.97 Å². The van der Waals surface area contributed by atoms with Gasteiger partial charge in [0.1, 0.15) is 0 Å². The average Bonchev–Trinajstić information content (AvgIpc) is 3.15. The summed E-state index contributed by atoms with van der Waals surface area (Å²) in [5.74, 6) is -0.613. The van der Waals surface area contributed by atoms with Crippen LogP contribution in [0.4, 0.5) is 5.82 Å². The molecule has 0 atom stereocenters. The Morgan fingerprint density at radius 1 is 0.966 bits per heavy atom. The average molecular weight is 391 g/mol. The summed E-state index contributed by atoms with van der Waals surface area (Å²) in [6, 6.07) is 16.4. The van der Waals surface area contributed by atoms with E-state index in [1.54, 1.807) is 0 Å². The number of piperazine rings is 1. The van der Waals surface area contributed by atoms with Crippen molar-refractivity contribution in [3.63, 3.8) is 0 Å². The van der Waals surface area contributed by atoms with E-state index in [1.165, 1.54) is 10.4 Å². The van der Waals surface area contributed by atoms with Crippen LogP contribution in [0.2, 0.25) is 0 Å². The summed E-state index contributed by atoms with van der Waals surface area (Å²) in [5.41, 5.74) is 4.24. The predicted molar refractivity (Wildman–Crippen MR) is 112 cm³/mol. The van der Waals surface area contributed by atoms with Crippen LogP contribution < -0.4 is 4.90 Å². The Bertz CT molecular complexity index is 987. The van der Waals surface area contributed by atoms with Crippen molar-refractivity contribution in [2.24, 2.45) is 0 Å². The Morgan fingerprint density at radius 2 is 1.62 bits per heavy atom. The number of anilines is 1. The molecule has 1 N–H and O–H groups in total. The normalized spacial score (nSPS) is 14.9. The number of hydrogen-bond acceptors (Lipinski definition) is 5. The van der Waals surface area contributed by atoms with Gasteiger partial charge in [-0.3, -0.25) is 4.90 Å². The van der Waals surface area contributed by atoms with Crippen molar-refractivity contribution in [3.05, 3.63) is 70.9 Å². The molecule has 0 bridgehead atoms. The van der Waals surface area contributed by atoms with E-state index in [1.807, 2.05) is 36.9 Å². The maximum atomic E-state index is 11.8. The molecule has 1 fully saturated rings. The molecule has 29 heavy (non-hydrogen) atoms. The molecule has 4 rings (SSSR count). The highest BCUT2D eigenvalue weighted by molar-refractivity contribution is 5.91. The Balaban J connectivity index is 1.52. The van der Waals surface area contributed by atoms with Gasteiger partial charge in [-0.1, -0.05) is 36.4 Å². The minimum atomic E-state index is -1.05. The molecule has 150 valence electrons. The molecule has 0 spiro atoms. The summed E-state index contributed by atoms with van der Waals surface area (Å²) >= 11 is 0. The van der Waals surface area contributed by atoms with E-state index in [4.69, 9.17) is 0 Å². The Morgan fingerprint density at radius 3 is 2.24 bits per heavy atom. The molecule has 0 aliphatic carbocycles. The number of aromatic carboxylic acids is 1. The van der Waals surface area contributed by atoms with Gasteiger partial charge >= 0.3 is 5.97 Å². The van der Waals surface area contributed by atoms with Crippen LogP contribution in [-0.2, 0) is 6.54 Å². The highest BCUT2D eigenvalue weighted by Crippen LogP contribution is 2.21. The van der Waals surface area contributed by atoms with E-state index in [0.29, 0.717) is 5.82 Å². The van der Waals surface area contributed by atoms with E-state index in [2.05, 4.69) is 45.4 Å². The molecule has 0 radical (unpaired) electrons. The lowest BCUT2D eigenvalue weighted by atomic mass is 10.1. The fourth-order valence-corrected chi connectivity index (χ4v) is 3.79. The molecular formula is C22H25N5O2. The number of carboxylic acids is 1. The number of nitrogens with zero attached hydrogens (tertiary/aromatic N) is 5. The molecule has 0 unspecified atom stereocenters. The van der Waals surface area contributed by atoms with Crippen LogP contribution in [0.5, 0.6) is 0 Å². The number of carboxylic acid groups (broad SMARTS) is 1. The Labute approximate surface area is 170 Å². The quantitative estimate of drug-likeness (QED) is 0.721. The Kier molecular flexibility index (Phi) is 5.31. The highest BCUT2D eigenvalue weighted by Gasteiger charge is 2.26. The Hall–Kier alpha value is -3.19. The zero-order valence-corrected chi connectivity index (χ0v) is 16.7. The summed E-state index contributed by atoms with van der Waals surface area (Å²) in [6.07, 6.45) is 0. The van der Waals surface area contributed by atoms with Crippen LogP contribution in [0.1, 0.15) is 27.2 Å². The summed E-state index contributed by atoms with van der Waals surface area (Å²) in [4.78, 5) is 17.6. The lowest BCUT2D eigenvalue weighted by molar-refractivity contribution is 0.0690. The predicted octanol–water partition coefficient (Wildman–Crippen LogP) is 2.90. The first kappa shape index (κ1) is 19.1. The largest absolute Gasteiger partial charge is 0.476 e. The van der Waals surface area contributed by atoms with Gasteiger partial charge in [-0.2, -0.15) is 0 Å². The smallest absolute Gasteiger partial charge is 0.360 e. The van der Waals surface area contributed by atoms with Crippen molar-refractivity contribution in [2.75, 3.05) is 31.1 Å². The molecule has 3 aromatic rings. The van der Waals surface area contributed by atoms with Gasteiger partial charge in [0.05, 0.1) is 5.69 Å². The van der Waals surface area contributed by atoms with Gasteiger partial charge in [0.25, 0.3) is 0 Å². The first-order chi connectivity index (χ1) is 14.0. The fraction of sp³-hybridized carbons (Fsp3) is 0.318.